The Hall–Kier alpha value is -1.23. The van der Waals surface area contributed by atoms with E-state index >= 15 is 0 Å². The molecule has 0 spiro atoms. The van der Waals surface area contributed by atoms with E-state index in [9.17, 15) is 18.0 Å². The SMILES string of the molecule is Cc1c(Cl)ccc(CC(F)(F)C(=O)O)c1F. The number of alkyl halides is 2. The van der Waals surface area contributed by atoms with Crippen molar-refractivity contribution in [2.75, 3.05) is 0 Å². The van der Waals surface area contributed by atoms with E-state index in [1.54, 1.807) is 0 Å². The molecule has 0 heterocycles. The Balaban J connectivity index is 3.08. The van der Waals surface area contributed by atoms with Crippen LogP contribution in [0, 0.1) is 12.7 Å². The molecule has 0 atom stereocenters. The molecule has 0 saturated heterocycles. The second-order valence-corrected chi connectivity index (χ2v) is 3.74. The van der Waals surface area contributed by atoms with Gasteiger partial charge in [0.05, 0.1) is 6.42 Å². The van der Waals surface area contributed by atoms with E-state index in [0.29, 0.717) is 0 Å². The lowest BCUT2D eigenvalue weighted by Gasteiger charge is -2.12. The largest absolute Gasteiger partial charge is 0.477 e. The predicted molar refractivity (Wildman–Crippen MR) is 52.4 cm³/mol. The zero-order chi connectivity index (χ0) is 12.5. The van der Waals surface area contributed by atoms with Gasteiger partial charge in [0.25, 0.3) is 0 Å². The van der Waals surface area contributed by atoms with Crippen LogP contribution in [0.1, 0.15) is 11.1 Å². The molecular formula is C10H8ClF3O2. The third-order valence-corrected chi connectivity index (χ3v) is 2.54. The first-order chi connectivity index (χ1) is 7.25. The lowest BCUT2D eigenvalue weighted by atomic mass is 10.0. The first kappa shape index (κ1) is 12.8. The molecule has 0 aliphatic rings. The summed E-state index contributed by atoms with van der Waals surface area (Å²) in [6, 6.07) is 2.31. The van der Waals surface area contributed by atoms with Crippen LogP contribution >= 0.6 is 11.6 Å². The van der Waals surface area contributed by atoms with Gasteiger partial charge in [0.2, 0.25) is 0 Å². The average molecular weight is 253 g/mol. The number of carbonyl (C=O) groups is 1. The molecule has 0 fully saturated rings. The van der Waals surface area contributed by atoms with E-state index in [0.717, 1.165) is 6.07 Å². The molecule has 0 aliphatic heterocycles. The van der Waals surface area contributed by atoms with E-state index in [2.05, 4.69) is 0 Å². The summed E-state index contributed by atoms with van der Waals surface area (Å²) >= 11 is 5.58. The number of rotatable bonds is 3. The average Bonchev–Trinajstić information content (AvgIpc) is 2.19. The number of halogens is 4. The van der Waals surface area contributed by atoms with Crippen LogP contribution < -0.4 is 0 Å². The maximum Gasteiger partial charge on any atom is 0.374 e. The standard InChI is InChI=1S/C10H8ClF3O2/c1-5-7(11)3-2-6(8(5)12)4-10(13,14)9(15)16/h2-3H,4H2,1H3,(H,15,16). The Labute approximate surface area is 94.6 Å². The van der Waals surface area contributed by atoms with Gasteiger partial charge < -0.3 is 5.11 Å². The van der Waals surface area contributed by atoms with Crippen LogP contribution in [-0.4, -0.2) is 17.0 Å². The van der Waals surface area contributed by atoms with Gasteiger partial charge in [-0.15, -0.1) is 0 Å². The number of carboxylic acids is 1. The Kier molecular flexibility index (Phi) is 3.48. The summed E-state index contributed by atoms with van der Waals surface area (Å²) < 4.78 is 39.1. The monoisotopic (exact) mass is 252 g/mol. The fourth-order valence-electron chi connectivity index (χ4n) is 1.17. The maximum atomic E-state index is 13.4. The summed E-state index contributed by atoms with van der Waals surface area (Å²) in [5.74, 6) is -7.16. The molecule has 0 aliphatic carbocycles. The van der Waals surface area contributed by atoms with E-state index in [1.165, 1.54) is 13.0 Å². The zero-order valence-corrected chi connectivity index (χ0v) is 8.99. The fourth-order valence-corrected chi connectivity index (χ4v) is 1.31. The summed E-state index contributed by atoms with van der Waals surface area (Å²) in [4.78, 5) is 10.2. The highest BCUT2D eigenvalue weighted by atomic mass is 35.5. The minimum Gasteiger partial charge on any atom is -0.477 e. The van der Waals surface area contributed by atoms with Crippen LogP contribution in [0.25, 0.3) is 0 Å². The van der Waals surface area contributed by atoms with Crippen LogP contribution in [0.5, 0.6) is 0 Å². The van der Waals surface area contributed by atoms with Crippen molar-refractivity contribution in [2.24, 2.45) is 0 Å². The molecule has 88 valence electrons. The van der Waals surface area contributed by atoms with Crippen molar-refractivity contribution in [1.29, 1.82) is 0 Å². The topological polar surface area (TPSA) is 37.3 Å². The number of carboxylic acid groups (broad SMARTS) is 1. The molecule has 1 N–H and O–H groups in total. The molecule has 0 bridgehead atoms. The van der Waals surface area contributed by atoms with Gasteiger partial charge in [-0.3, -0.25) is 0 Å². The highest BCUT2D eigenvalue weighted by Gasteiger charge is 2.39. The third kappa shape index (κ3) is 2.47. The van der Waals surface area contributed by atoms with Crippen molar-refractivity contribution in [3.8, 4) is 0 Å². The van der Waals surface area contributed by atoms with E-state index < -0.39 is 24.1 Å². The summed E-state index contributed by atoms with van der Waals surface area (Å²) in [7, 11) is 0. The second-order valence-electron chi connectivity index (χ2n) is 3.33. The van der Waals surface area contributed by atoms with Gasteiger partial charge in [0.1, 0.15) is 5.82 Å². The molecule has 0 unspecified atom stereocenters. The van der Waals surface area contributed by atoms with Crippen molar-refractivity contribution in [2.45, 2.75) is 19.3 Å². The summed E-state index contributed by atoms with van der Waals surface area (Å²) in [6.45, 7) is 1.33. The number of aliphatic carboxylic acids is 1. The summed E-state index contributed by atoms with van der Waals surface area (Å²) in [5, 5.41) is 8.33. The van der Waals surface area contributed by atoms with E-state index in [1.807, 2.05) is 0 Å². The van der Waals surface area contributed by atoms with Crippen molar-refractivity contribution in [3.63, 3.8) is 0 Å². The number of hydrogen-bond donors (Lipinski definition) is 1. The van der Waals surface area contributed by atoms with Crippen LogP contribution in [-0.2, 0) is 11.2 Å². The Morgan fingerprint density at radius 2 is 2.06 bits per heavy atom. The van der Waals surface area contributed by atoms with Gasteiger partial charge in [-0.05, 0) is 18.6 Å². The lowest BCUT2D eigenvalue weighted by Crippen LogP contribution is -2.31. The normalized spacial score (nSPS) is 11.6. The molecular weight excluding hydrogens is 245 g/mol. The zero-order valence-electron chi connectivity index (χ0n) is 8.23. The molecule has 1 aromatic rings. The lowest BCUT2D eigenvalue weighted by molar-refractivity contribution is -0.164. The molecule has 16 heavy (non-hydrogen) atoms. The predicted octanol–water partition coefficient (Wildman–Crippen LogP) is 3.05. The van der Waals surface area contributed by atoms with Gasteiger partial charge in [-0.1, -0.05) is 17.7 Å². The first-order valence-electron chi connectivity index (χ1n) is 4.30. The highest BCUT2D eigenvalue weighted by molar-refractivity contribution is 6.31. The molecule has 0 aromatic heterocycles. The Bertz CT molecular complexity index is 432. The van der Waals surface area contributed by atoms with Gasteiger partial charge in [-0.25, -0.2) is 9.18 Å². The Morgan fingerprint density at radius 3 is 2.56 bits per heavy atom. The van der Waals surface area contributed by atoms with Crippen LogP contribution in [0.15, 0.2) is 12.1 Å². The smallest absolute Gasteiger partial charge is 0.374 e. The molecule has 1 aromatic carbocycles. The summed E-state index contributed by atoms with van der Waals surface area (Å²) in [5.41, 5.74) is -0.338. The Morgan fingerprint density at radius 1 is 1.50 bits per heavy atom. The van der Waals surface area contributed by atoms with Crippen LogP contribution in [0.2, 0.25) is 5.02 Å². The van der Waals surface area contributed by atoms with Gasteiger partial charge in [0.15, 0.2) is 0 Å². The molecule has 0 radical (unpaired) electrons. The third-order valence-electron chi connectivity index (χ3n) is 2.13. The van der Waals surface area contributed by atoms with Crippen molar-refractivity contribution < 1.29 is 23.1 Å². The van der Waals surface area contributed by atoms with E-state index in [-0.39, 0.29) is 16.1 Å². The van der Waals surface area contributed by atoms with Crippen LogP contribution in [0.3, 0.4) is 0 Å². The van der Waals surface area contributed by atoms with E-state index in [4.69, 9.17) is 16.7 Å². The van der Waals surface area contributed by atoms with Crippen LogP contribution in [0.4, 0.5) is 13.2 Å². The highest BCUT2D eigenvalue weighted by Crippen LogP contribution is 2.26. The van der Waals surface area contributed by atoms with Crippen molar-refractivity contribution in [1.82, 2.24) is 0 Å². The summed E-state index contributed by atoms with van der Waals surface area (Å²) in [6.07, 6.45) is -1.19. The number of benzene rings is 1. The first-order valence-corrected chi connectivity index (χ1v) is 4.68. The van der Waals surface area contributed by atoms with Gasteiger partial charge in [0, 0.05) is 10.6 Å². The van der Waals surface area contributed by atoms with Crippen molar-refractivity contribution >= 4 is 17.6 Å². The molecule has 1 rings (SSSR count). The molecule has 0 saturated carbocycles. The molecule has 2 nitrogen and oxygen atoms in total. The minimum absolute atomic E-state index is 0.0281. The fraction of sp³-hybridized carbons (Fsp3) is 0.300. The maximum absolute atomic E-state index is 13.4. The second kappa shape index (κ2) is 4.33. The van der Waals surface area contributed by atoms with Gasteiger partial charge in [-0.2, -0.15) is 8.78 Å². The van der Waals surface area contributed by atoms with Crippen molar-refractivity contribution in [3.05, 3.63) is 34.1 Å². The quantitative estimate of drug-likeness (QED) is 0.898. The molecule has 6 heteroatoms. The van der Waals surface area contributed by atoms with Gasteiger partial charge >= 0.3 is 11.9 Å². The molecule has 0 amide bonds. The minimum atomic E-state index is -3.99. The number of hydrogen-bond acceptors (Lipinski definition) is 1.